The fourth-order valence-corrected chi connectivity index (χ4v) is 2.20. The van der Waals surface area contributed by atoms with Gasteiger partial charge in [-0.15, -0.1) is 37.2 Å². The van der Waals surface area contributed by atoms with Gasteiger partial charge in [0.1, 0.15) is 0 Å². The topological polar surface area (TPSA) is 61.6 Å². The quantitative estimate of drug-likeness (QED) is 0.788. The van der Waals surface area contributed by atoms with Gasteiger partial charge in [0, 0.05) is 45.0 Å². The van der Waals surface area contributed by atoms with Crippen LogP contribution in [0, 0.1) is 0 Å². The lowest BCUT2D eigenvalue weighted by Gasteiger charge is -2.32. The lowest BCUT2D eigenvalue weighted by molar-refractivity contribution is 0.0942. The van der Waals surface area contributed by atoms with Gasteiger partial charge in [-0.05, 0) is 19.2 Å². The van der Waals surface area contributed by atoms with Gasteiger partial charge in [-0.2, -0.15) is 0 Å². The van der Waals surface area contributed by atoms with Crippen LogP contribution in [0.15, 0.2) is 24.3 Å². The van der Waals surface area contributed by atoms with Gasteiger partial charge in [-0.25, -0.2) is 0 Å². The number of amides is 1. The summed E-state index contributed by atoms with van der Waals surface area (Å²) in [4.78, 5) is 16.6. The highest BCUT2D eigenvalue weighted by molar-refractivity contribution is 5.99. The molecule has 22 heavy (non-hydrogen) atoms. The Hall–Kier alpha value is -0.720. The standard InChI is InChI=1S/C14H22N4O.3ClH/c1-17-8-10-18(11-9-17)7-6-16-14(19)12-4-2-3-5-13(12)15;;;/h2-5H,6-11,15H2,1H3,(H,16,19);3*1H. The summed E-state index contributed by atoms with van der Waals surface area (Å²) in [5, 5.41) is 2.92. The summed E-state index contributed by atoms with van der Waals surface area (Å²) < 4.78 is 0. The van der Waals surface area contributed by atoms with Crippen LogP contribution < -0.4 is 11.1 Å². The van der Waals surface area contributed by atoms with Crippen molar-refractivity contribution in [3.8, 4) is 0 Å². The molecule has 1 aliphatic rings. The molecule has 1 fully saturated rings. The van der Waals surface area contributed by atoms with Crippen molar-refractivity contribution < 1.29 is 4.79 Å². The van der Waals surface area contributed by atoms with Crippen LogP contribution in [-0.4, -0.2) is 62.0 Å². The van der Waals surface area contributed by atoms with Crippen LogP contribution in [0.25, 0.3) is 0 Å². The van der Waals surface area contributed by atoms with Crippen LogP contribution in [-0.2, 0) is 0 Å². The van der Waals surface area contributed by atoms with Crippen molar-refractivity contribution in [2.75, 3.05) is 52.0 Å². The normalized spacial score (nSPS) is 15.0. The summed E-state index contributed by atoms with van der Waals surface area (Å²) in [5.74, 6) is -0.0905. The van der Waals surface area contributed by atoms with Gasteiger partial charge in [0.15, 0.2) is 0 Å². The number of benzene rings is 1. The van der Waals surface area contributed by atoms with Crippen molar-refractivity contribution in [1.82, 2.24) is 15.1 Å². The van der Waals surface area contributed by atoms with E-state index >= 15 is 0 Å². The number of hydrogen-bond donors (Lipinski definition) is 2. The summed E-state index contributed by atoms with van der Waals surface area (Å²) >= 11 is 0. The zero-order chi connectivity index (χ0) is 13.7. The molecule has 5 nitrogen and oxygen atoms in total. The molecular formula is C14H25Cl3N4O. The molecule has 1 aromatic carbocycles. The SMILES string of the molecule is CN1CCN(CCNC(=O)c2ccccc2N)CC1.Cl.Cl.Cl. The van der Waals surface area contributed by atoms with E-state index in [4.69, 9.17) is 5.73 Å². The molecule has 0 aliphatic carbocycles. The van der Waals surface area contributed by atoms with Crippen LogP contribution in [0.3, 0.4) is 0 Å². The molecule has 0 atom stereocenters. The number of para-hydroxylation sites is 1. The van der Waals surface area contributed by atoms with Crippen LogP contribution >= 0.6 is 37.2 Å². The van der Waals surface area contributed by atoms with E-state index in [2.05, 4.69) is 22.2 Å². The van der Waals surface area contributed by atoms with Crippen molar-refractivity contribution in [3.63, 3.8) is 0 Å². The summed E-state index contributed by atoms with van der Waals surface area (Å²) in [7, 11) is 2.14. The van der Waals surface area contributed by atoms with E-state index < -0.39 is 0 Å². The van der Waals surface area contributed by atoms with E-state index in [1.807, 2.05) is 12.1 Å². The molecule has 1 heterocycles. The molecular weight excluding hydrogens is 347 g/mol. The second-order valence-electron chi connectivity index (χ2n) is 4.99. The largest absolute Gasteiger partial charge is 0.398 e. The number of nitrogens with two attached hydrogens (primary N) is 1. The molecule has 3 N–H and O–H groups in total. The van der Waals surface area contributed by atoms with Crippen molar-refractivity contribution in [2.45, 2.75) is 0 Å². The zero-order valence-corrected chi connectivity index (χ0v) is 15.1. The number of hydrogen-bond acceptors (Lipinski definition) is 4. The minimum Gasteiger partial charge on any atom is -0.398 e. The number of likely N-dealkylation sites (N-methyl/N-ethyl adjacent to an activating group) is 1. The Morgan fingerprint density at radius 3 is 2.32 bits per heavy atom. The molecule has 1 saturated heterocycles. The molecule has 0 spiro atoms. The van der Waals surface area contributed by atoms with E-state index in [0.29, 0.717) is 17.8 Å². The first kappa shape index (κ1) is 23.5. The van der Waals surface area contributed by atoms with Gasteiger partial charge < -0.3 is 16.0 Å². The number of nitrogens with zero attached hydrogens (tertiary/aromatic N) is 2. The number of nitrogens with one attached hydrogen (secondary N) is 1. The molecule has 0 saturated carbocycles. The Morgan fingerprint density at radius 2 is 1.73 bits per heavy atom. The highest BCUT2D eigenvalue weighted by Gasteiger charge is 2.14. The summed E-state index contributed by atoms with van der Waals surface area (Å²) in [6.07, 6.45) is 0. The summed E-state index contributed by atoms with van der Waals surface area (Å²) in [6.45, 7) is 5.89. The van der Waals surface area contributed by atoms with E-state index in [1.54, 1.807) is 12.1 Å². The van der Waals surface area contributed by atoms with Gasteiger partial charge in [0.2, 0.25) is 0 Å². The van der Waals surface area contributed by atoms with E-state index in [0.717, 1.165) is 32.7 Å². The van der Waals surface area contributed by atoms with Crippen molar-refractivity contribution in [1.29, 1.82) is 0 Å². The first-order chi connectivity index (χ1) is 9.16. The van der Waals surface area contributed by atoms with Crippen molar-refractivity contribution >= 4 is 48.8 Å². The van der Waals surface area contributed by atoms with Crippen LogP contribution in [0.2, 0.25) is 0 Å². The molecule has 0 unspecified atom stereocenters. The minimum absolute atomic E-state index is 0. The molecule has 1 amide bonds. The van der Waals surface area contributed by atoms with Crippen LogP contribution in [0.1, 0.15) is 10.4 Å². The van der Waals surface area contributed by atoms with Crippen molar-refractivity contribution in [3.05, 3.63) is 29.8 Å². The minimum atomic E-state index is -0.0905. The molecule has 1 aromatic rings. The Labute approximate surface area is 150 Å². The van der Waals surface area contributed by atoms with E-state index in [-0.39, 0.29) is 43.1 Å². The fraction of sp³-hybridized carbons (Fsp3) is 0.500. The molecule has 2 rings (SSSR count). The van der Waals surface area contributed by atoms with E-state index in [9.17, 15) is 4.79 Å². The monoisotopic (exact) mass is 370 g/mol. The lowest BCUT2D eigenvalue weighted by Crippen LogP contribution is -2.46. The average molecular weight is 372 g/mol. The first-order valence-corrected chi connectivity index (χ1v) is 6.70. The lowest BCUT2D eigenvalue weighted by atomic mass is 10.1. The number of carbonyl (C=O) groups is 1. The van der Waals surface area contributed by atoms with Crippen molar-refractivity contribution in [2.24, 2.45) is 0 Å². The smallest absolute Gasteiger partial charge is 0.253 e. The predicted molar refractivity (Wildman–Crippen MR) is 98.9 cm³/mol. The second-order valence-corrected chi connectivity index (χ2v) is 4.99. The third-order valence-corrected chi connectivity index (χ3v) is 3.51. The highest BCUT2D eigenvalue weighted by Crippen LogP contribution is 2.09. The molecule has 1 aliphatic heterocycles. The van der Waals surface area contributed by atoms with Gasteiger partial charge in [-0.1, -0.05) is 12.1 Å². The van der Waals surface area contributed by atoms with Gasteiger partial charge >= 0.3 is 0 Å². The number of carbonyl (C=O) groups excluding carboxylic acids is 1. The Kier molecular flexibility index (Phi) is 12.6. The van der Waals surface area contributed by atoms with Gasteiger partial charge in [0.05, 0.1) is 5.56 Å². The number of rotatable bonds is 4. The molecule has 0 aromatic heterocycles. The Balaban J connectivity index is 0. The highest BCUT2D eigenvalue weighted by atomic mass is 35.5. The van der Waals surface area contributed by atoms with Crippen LogP contribution in [0.5, 0.6) is 0 Å². The summed E-state index contributed by atoms with van der Waals surface area (Å²) in [5.41, 5.74) is 6.86. The summed E-state index contributed by atoms with van der Waals surface area (Å²) in [6, 6.07) is 7.15. The Morgan fingerprint density at radius 1 is 1.14 bits per heavy atom. The average Bonchev–Trinajstić information content (AvgIpc) is 2.41. The zero-order valence-electron chi connectivity index (χ0n) is 12.7. The maximum atomic E-state index is 11.9. The number of piperazine rings is 1. The molecule has 8 heteroatoms. The van der Waals surface area contributed by atoms with E-state index in [1.165, 1.54) is 0 Å². The molecule has 0 radical (unpaired) electrons. The second kappa shape index (κ2) is 11.8. The third kappa shape index (κ3) is 7.03. The Bertz CT molecular complexity index is 440. The number of nitrogen functional groups attached to an aromatic ring is 1. The third-order valence-electron chi connectivity index (χ3n) is 3.51. The predicted octanol–water partition coefficient (Wildman–Crippen LogP) is 1.51. The van der Waals surface area contributed by atoms with Gasteiger partial charge in [0.25, 0.3) is 5.91 Å². The molecule has 128 valence electrons. The van der Waals surface area contributed by atoms with Crippen LogP contribution in [0.4, 0.5) is 5.69 Å². The number of anilines is 1. The van der Waals surface area contributed by atoms with Gasteiger partial charge in [-0.3, -0.25) is 9.69 Å². The fourth-order valence-electron chi connectivity index (χ4n) is 2.20. The number of halogens is 3. The molecule has 0 bridgehead atoms. The maximum Gasteiger partial charge on any atom is 0.253 e. The first-order valence-electron chi connectivity index (χ1n) is 6.70. The maximum absolute atomic E-state index is 11.9.